The van der Waals surface area contributed by atoms with Crippen molar-refractivity contribution in [3.63, 3.8) is 0 Å². The maximum Gasteiger partial charge on any atom is 0.222 e. The van der Waals surface area contributed by atoms with Gasteiger partial charge in [0.2, 0.25) is 5.91 Å². The van der Waals surface area contributed by atoms with Crippen molar-refractivity contribution in [1.82, 2.24) is 4.90 Å². The molecule has 0 aliphatic rings. The summed E-state index contributed by atoms with van der Waals surface area (Å²) >= 11 is 0. The molecule has 0 atom stereocenters. The lowest BCUT2D eigenvalue weighted by Crippen LogP contribution is -2.31. The van der Waals surface area contributed by atoms with Gasteiger partial charge in [-0.15, -0.1) is 0 Å². The summed E-state index contributed by atoms with van der Waals surface area (Å²) in [7, 11) is 0. The van der Waals surface area contributed by atoms with Crippen LogP contribution < -0.4 is 0 Å². The van der Waals surface area contributed by atoms with Crippen LogP contribution in [0.5, 0.6) is 0 Å². The van der Waals surface area contributed by atoms with E-state index in [0.29, 0.717) is 5.91 Å². The standard InChI is InChI=1S/C38H77NO/c1-4-7-9-11-13-15-17-19-21-23-25-27-29-31-33-35-37-39(6-3)38(40)36-34-32-30-28-26-24-22-20-18-16-14-12-10-8-5-2/h4-37H2,1-3H3. The Bertz CT molecular complexity index is 476. The summed E-state index contributed by atoms with van der Waals surface area (Å²) in [6.45, 7) is 8.60. The number of hydrogen-bond donors (Lipinski definition) is 0. The van der Waals surface area contributed by atoms with Crippen LogP contribution in [0.2, 0.25) is 0 Å². The Hall–Kier alpha value is -0.530. The predicted octanol–water partition coefficient (Wildman–Crippen LogP) is 13.4. The fourth-order valence-corrected chi connectivity index (χ4v) is 6.12. The Balaban J connectivity index is 3.39. The van der Waals surface area contributed by atoms with E-state index in [4.69, 9.17) is 0 Å². The average Bonchev–Trinajstić information content (AvgIpc) is 2.96. The highest BCUT2D eigenvalue weighted by Gasteiger charge is 2.10. The van der Waals surface area contributed by atoms with Crippen LogP contribution >= 0.6 is 0 Å². The minimum atomic E-state index is 0.401. The van der Waals surface area contributed by atoms with Gasteiger partial charge in [-0.25, -0.2) is 0 Å². The highest BCUT2D eigenvalue weighted by Crippen LogP contribution is 2.16. The third-order valence-corrected chi connectivity index (χ3v) is 9.01. The van der Waals surface area contributed by atoms with E-state index in [2.05, 4.69) is 25.7 Å². The fourth-order valence-electron chi connectivity index (χ4n) is 6.12. The van der Waals surface area contributed by atoms with Gasteiger partial charge in [0.15, 0.2) is 0 Å². The zero-order valence-corrected chi connectivity index (χ0v) is 28.4. The van der Waals surface area contributed by atoms with Crippen LogP contribution in [0.3, 0.4) is 0 Å². The number of carbonyl (C=O) groups is 1. The Morgan fingerprint density at radius 3 is 0.875 bits per heavy atom. The molecule has 40 heavy (non-hydrogen) atoms. The molecule has 0 aliphatic heterocycles. The summed E-state index contributed by atoms with van der Waals surface area (Å²) in [5.41, 5.74) is 0. The quantitative estimate of drug-likeness (QED) is 0.0713. The van der Waals surface area contributed by atoms with Gasteiger partial charge in [-0.3, -0.25) is 4.79 Å². The third kappa shape index (κ3) is 30.4. The maximum absolute atomic E-state index is 12.6. The van der Waals surface area contributed by atoms with Crippen LogP contribution in [-0.4, -0.2) is 23.9 Å². The monoisotopic (exact) mass is 564 g/mol. The summed E-state index contributed by atoms with van der Waals surface area (Å²) in [4.78, 5) is 14.7. The van der Waals surface area contributed by atoms with Crippen molar-refractivity contribution in [2.24, 2.45) is 0 Å². The van der Waals surface area contributed by atoms with E-state index in [1.54, 1.807) is 0 Å². The van der Waals surface area contributed by atoms with Gasteiger partial charge < -0.3 is 4.90 Å². The molecule has 0 saturated carbocycles. The molecule has 2 heteroatoms. The number of amides is 1. The Morgan fingerprint density at radius 2 is 0.600 bits per heavy atom. The molecule has 0 saturated heterocycles. The van der Waals surface area contributed by atoms with Crippen LogP contribution in [0.4, 0.5) is 0 Å². The fraction of sp³-hybridized carbons (Fsp3) is 0.974. The van der Waals surface area contributed by atoms with Crippen molar-refractivity contribution in [2.45, 2.75) is 226 Å². The second kappa shape index (κ2) is 34.7. The zero-order chi connectivity index (χ0) is 29.2. The molecule has 2 nitrogen and oxygen atoms in total. The summed E-state index contributed by atoms with van der Waals surface area (Å²) in [5, 5.41) is 0. The first-order valence-corrected chi connectivity index (χ1v) is 19.0. The van der Waals surface area contributed by atoms with Crippen LogP contribution in [0.15, 0.2) is 0 Å². The van der Waals surface area contributed by atoms with E-state index in [-0.39, 0.29) is 0 Å². The Labute approximate surface area is 254 Å². The first-order chi connectivity index (χ1) is 19.8. The van der Waals surface area contributed by atoms with Crippen LogP contribution in [0.1, 0.15) is 226 Å². The number of rotatable bonds is 34. The van der Waals surface area contributed by atoms with Gasteiger partial charge in [0, 0.05) is 19.5 Å². The molecule has 0 aromatic heterocycles. The zero-order valence-electron chi connectivity index (χ0n) is 28.4. The molecule has 240 valence electrons. The van der Waals surface area contributed by atoms with Crippen molar-refractivity contribution < 1.29 is 4.79 Å². The van der Waals surface area contributed by atoms with Gasteiger partial charge >= 0.3 is 0 Å². The molecular weight excluding hydrogens is 486 g/mol. The summed E-state index contributed by atoms with van der Waals surface area (Å²) in [6.07, 6.45) is 43.9. The lowest BCUT2D eigenvalue weighted by atomic mass is 10.0. The van der Waals surface area contributed by atoms with E-state index in [1.807, 2.05) is 0 Å². The second-order valence-corrected chi connectivity index (χ2v) is 13.0. The van der Waals surface area contributed by atoms with Gasteiger partial charge in [-0.05, 0) is 19.8 Å². The minimum Gasteiger partial charge on any atom is -0.343 e. The van der Waals surface area contributed by atoms with Gasteiger partial charge in [0.1, 0.15) is 0 Å². The largest absolute Gasteiger partial charge is 0.343 e. The molecule has 0 aromatic rings. The summed E-state index contributed by atoms with van der Waals surface area (Å²) in [6, 6.07) is 0. The first-order valence-electron chi connectivity index (χ1n) is 19.0. The molecule has 0 fully saturated rings. The van der Waals surface area contributed by atoms with Crippen molar-refractivity contribution in [3.05, 3.63) is 0 Å². The number of carbonyl (C=O) groups excluding carboxylic acids is 1. The molecule has 0 rings (SSSR count). The van der Waals surface area contributed by atoms with Crippen LogP contribution in [-0.2, 0) is 4.79 Å². The summed E-state index contributed by atoms with van der Waals surface area (Å²) in [5.74, 6) is 0.401. The van der Waals surface area contributed by atoms with Gasteiger partial charge in [0.25, 0.3) is 0 Å². The van der Waals surface area contributed by atoms with Crippen molar-refractivity contribution in [2.75, 3.05) is 13.1 Å². The van der Waals surface area contributed by atoms with Crippen molar-refractivity contribution in [1.29, 1.82) is 0 Å². The van der Waals surface area contributed by atoms with Crippen LogP contribution in [0.25, 0.3) is 0 Å². The van der Waals surface area contributed by atoms with E-state index in [1.165, 1.54) is 193 Å². The lowest BCUT2D eigenvalue weighted by Gasteiger charge is -2.21. The molecule has 0 aromatic carbocycles. The first kappa shape index (κ1) is 39.5. The second-order valence-electron chi connectivity index (χ2n) is 13.0. The molecule has 0 unspecified atom stereocenters. The topological polar surface area (TPSA) is 20.3 Å². The third-order valence-electron chi connectivity index (χ3n) is 9.01. The van der Waals surface area contributed by atoms with E-state index >= 15 is 0 Å². The summed E-state index contributed by atoms with van der Waals surface area (Å²) < 4.78 is 0. The SMILES string of the molecule is CCCCCCCCCCCCCCCCCCN(CC)C(=O)CCCCCCCCCCCCCCCCC. The minimum absolute atomic E-state index is 0.401. The van der Waals surface area contributed by atoms with Gasteiger partial charge in [-0.1, -0.05) is 200 Å². The maximum atomic E-state index is 12.6. The van der Waals surface area contributed by atoms with Gasteiger partial charge in [-0.2, -0.15) is 0 Å². The Kier molecular flexibility index (Phi) is 34.2. The van der Waals surface area contributed by atoms with E-state index in [0.717, 1.165) is 25.9 Å². The molecule has 0 aliphatic carbocycles. The molecule has 0 heterocycles. The predicted molar refractivity (Wildman–Crippen MR) is 181 cm³/mol. The lowest BCUT2D eigenvalue weighted by molar-refractivity contribution is -0.131. The van der Waals surface area contributed by atoms with Gasteiger partial charge in [0.05, 0.1) is 0 Å². The van der Waals surface area contributed by atoms with E-state index in [9.17, 15) is 4.79 Å². The van der Waals surface area contributed by atoms with Crippen molar-refractivity contribution >= 4 is 5.91 Å². The average molecular weight is 564 g/mol. The highest BCUT2D eigenvalue weighted by atomic mass is 16.2. The van der Waals surface area contributed by atoms with E-state index < -0.39 is 0 Å². The highest BCUT2D eigenvalue weighted by molar-refractivity contribution is 5.76. The molecular formula is C38H77NO. The molecule has 0 N–H and O–H groups in total. The molecule has 0 bridgehead atoms. The molecule has 0 radical (unpaired) electrons. The number of nitrogens with zero attached hydrogens (tertiary/aromatic N) is 1. The number of hydrogen-bond acceptors (Lipinski definition) is 1. The number of unbranched alkanes of at least 4 members (excludes halogenated alkanes) is 29. The van der Waals surface area contributed by atoms with Crippen LogP contribution in [0, 0.1) is 0 Å². The molecule has 1 amide bonds. The molecule has 0 spiro atoms. The smallest absolute Gasteiger partial charge is 0.222 e. The Morgan fingerprint density at radius 1 is 0.350 bits per heavy atom. The van der Waals surface area contributed by atoms with Crippen molar-refractivity contribution in [3.8, 4) is 0 Å². The normalized spacial score (nSPS) is 11.4.